The highest BCUT2D eigenvalue weighted by Crippen LogP contribution is 2.32. The van der Waals surface area contributed by atoms with E-state index in [9.17, 15) is 4.79 Å². The number of hydrogen-bond donors (Lipinski definition) is 0. The van der Waals surface area contributed by atoms with Crippen LogP contribution in [0.4, 0.5) is 0 Å². The largest absolute Gasteiger partial charge is 0.296 e. The van der Waals surface area contributed by atoms with Gasteiger partial charge in [-0.2, -0.15) is 0 Å². The Morgan fingerprint density at radius 1 is 1.04 bits per heavy atom. The molecule has 0 aliphatic carbocycles. The van der Waals surface area contributed by atoms with E-state index in [4.69, 9.17) is 4.98 Å². The lowest BCUT2D eigenvalue weighted by Gasteiger charge is -2.04. The maximum atomic E-state index is 11.9. The summed E-state index contributed by atoms with van der Waals surface area (Å²) in [6.07, 6.45) is 1.91. The molecule has 0 aliphatic rings. The Hall–Kier alpha value is -2.72. The number of nitrogens with zero attached hydrogens (tertiary/aromatic N) is 2. The van der Waals surface area contributed by atoms with Crippen LogP contribution in [0.15, 0.2) is 53.9 Å². The van der Waals surface area contributed by atoms with Gasteiger partial charge in [-0.1, -0.05) is 61.0 Å². The second-order valence-electron chi connectivity index (χ2n) is 6.12. The Morgan fingerprint density at radius 2 is 1.72 bits per heavy atom. The minimum atomic E-state index is 0.607. The predicted octanol–water partition coefficient (Wildman–Crippen LogP) is 5.41. The quantitative estimate of drug-likeness (QED) is 0.463. The van der Waals surface area contributed by atoms with Crippen molar-refractivity contribution >= 4 is 22.6 Å². The third-order valence-electron chi connectivity index (χ3n) is 4.49. The number of fused-ring (bicyclic) bond motifs is 1. The molecule has 0 aliphatic heterocycles. The van der Waals surface area contributed by atoms with Crippen LogP contribution in [-0.4, -0.2) is 15.7 Å². The standard InChI is InChI=1S/C21H18N2OS/c1-3-15-6-10-17(11-7-15)20-18(12-24)23-19(13-25-21(23)22-20)16-8-4-14(2)5-9-16/h4-13H,3H2,1-2H3. The molecule has 0 spiro atoms. The molecule has 2 aromatic heterocycles. The van der Waals surface area contributed by atoms with E-state index in [1.807, 2.05) is 16.5 Å². The Kier molecular flexibility index (Phi) is 3.98. The monoisotopic (exact) mass is 346 g/mol. The molecular formula is C21H18N2OS. The van der Waals surface area contributed by atoms with Gasteiger partial charge >= 0.3 is 0 Å². The van der Waals surface area contributed by atoms with Crippen LogP contribution in [0.3, 0.4) is 0 Å². The fraction of sp³-hybridized carbons (Fsp3) is 0.143. The van der Waals surface area contributed by atoms with Crippen LogP contribution in [0.25, 0.3) is 27.5 Å². The number of imidazole rings is 1. The van der Waals surface area contributed by atoms with E-state index in [2.05, 4.69) is 55.6 Å². The molecule has 0 radical (unpaired) electrons. The van der Waals surface area contributed by atoms with Gasteiger partial charge in [0, 0.05) is 10.9 Å². The fourth-order valence-corrected chi connectivity index (χ4v) is 3.93. The lowest BCUT2D eigenvalue weighted by Crippen LogP contribution is -1.94. The number of aryl methyl sites for hydroxylation is 2. The number of hydrogen-bond acceptors (Lipinski definition) is 3. The first kappa shape index (κ1) is 15.8. The Bertz CT molecular complexity index is 1040. The average molecular weight is 346 g/mol. The molecule has 2 aromatic carbocycles. The Labute approximate surface area is 150 Å². The van der Waals surface area contributed by atoms with Crippen LogP contribution in [-0.2, 0) is 6.42 Å². The van der Waals surface area contributed by atoms with Crippen LogP contribution in [0.1, 0.15) is 28.5 Å². The SMILES string of the molecule is CCc1ccc(-c2nc3scc(-c4ccc(C)cc4)n3c2C=O)cc1. The molecular weight excluding hydrogens is 328 g/mol. The summed E-state index contributed by atoms with van der Waals surface area (Å²) in [6, 6.07) is 16.6. The van der Waals surface area contributed by atoms with Gasteiger partial charge in [-0.25, -0.2) is 4.98 Å². The van der Waals surface area contributed by atoms with E-state index < -0.39 is 0 Å². The van der Waals surface area contributed by atoms with Crippen LogP contribution in [0.2, 0.25) is 0 Å². The summed E-state index contributed by atoms with van der Waals surface area (Å²) in [7, 11) is 0. The van der Waals surface area contributed by atoms with Gasteiger partial charge in [0.2, 0.25) is 0 Å². The van der Waals surface area contributed by atoms with Crippen molar-refractivity contribution in [2.45, 2.75) is 20.3 Å². The zero-order chi connectivity index (χ0) is 17.4. The number of rotatable bonds is 4. The van der Waals surface area contributed by atoms with Crippen LogP contribution < -0.4 is 0 Å². The molecule has 4 heteroatoms. The van der Waals surface area contributed by atoms with Gasteiger partial charge in [0.05, 0.1) is 5.69 Å². The van der Waals surface area contributed by atoms with Crippen molar-refractivity contribution in [1.82, 2.24) is 9.38 Å². The lowest BCUT2D eigenvalue weighted by molar-refractivity contribution is 0.111. The fourth-order valence-electron chi connectivity index (χ4n) is 3.03. The molecule has 0 fully saturated rings. The van der Waals surface area contributed by atoms with Crippen molar-refractivity contribution in [3.63, 3.8) is 0 Å². The molecule has 0 amide bonds. The summed E-state index contributed by atoms with van der Waals surface area (Å²) in [6.45, 7) is 4.20. The van der Waals surface area contributed by atoms with Gasteiger partial charge in [0.15, 0.2) is 11.2 Å². The number of thiazole rings is 1. The zero-order valence-corrected chi connectivity index (χ0v) is 15.0. The summed E-state index contributed by atoms with van der Waals surface area (Å²) in [5.41, 5.74) is 6.92. The molecule has 25 heavy (non-hydrogen) atoms. The van der Waals surface area contributed by atoms with Gasteiger partial charge < -0.3 is 0 Å². The van der Waals surface area contributed by atoms with Crippen LogP contribution >= 0.6 is 11.3 Å². The van der Waals surface area contributed by atoms with Crippen molar-refractivity contribution in [3.05, 3.63) is 70.7 Å². The van der Waals surface area contributed by atoms with E-state index in [1.54, 1.807) is 11.3 Å². The Morgan fingerprint density at radius 3 is 2.36 bits per heavy atom. The topological polar surface area (TPSA) is 34.4 Å². The summed E-state index contributed by atoms with van der Waals surface area (Å²) in [4.78, 5) is 17.4. The minimum absolute atomic E-state index is 0.607. The highest BCUT2D eigenvalue weighted by Gasteiger charge is 2.18. The van der Waals surface area contributed by atoms with Crippen LogP contribution in [0, 0.1) is 6.92 Å². The minimum Gasteiger partial charge on any atom is -0.296 e. The molecule has 0 bridgehead atoms. The normalized spacial score (nSPS) is 11.1. The smallest absolute Gasteiger partial charge is 0.195 e. The van der Waals surface area contributed by atoms with Gasteiger partial charge in [0.25, 0.3) is 0 Å². The van der Waals surface area contributed by atoms with Gasteiger partial charge in [0.1, 0.15) is 11.4 Å². The number of aromatic nitrogens is 2. The molecule has 4 aromatic rings. The lowest BCUT2D eigenvalue weighted by atomic mass is 10.1. The molecule has 0 unspecified atom stereocenters. The summed E-state index contributed by atoms with van der Waals surface area (Å²) in [5, 5.41) is 2.06. The molecule has 3 nitrogen and oxygen atoms in total. The van der Waals surface area contributed by atoms with Gasteiger partial charge in [-0.3, -0.25) is 9.20 Å². The van der Waals surface area contributed by atoms with Crippen molar-refractivity contribution in [1.29, 1.82) is 0 Å². The van der Waals surface area contributed by atoms with E-state index in [-0.39, 0.29) is 0 Å². The summed E-state index contributed by atoms with van der Waals surface area (Å²) >= 11 is 1.56. The van der Waals surface area contributed by atoms with E-state index in [0.717, 1.165) is 40.2 Å². The molecule has 2 heterocycles. The van der Waals surface area contributed by atoms with E-state index in [1.165, 1.54) is 11.1 Å². The van der Waals surface area contributed by atoms with Gasteiger partial charge in [-0.05, 0) is 24.5 Å². The third-order valence-corrected chi connectivity index (χ3v) is 5.32. The number of benzene rings is 2. The third kappa shape index (κ3) is 2.68. The van der Waals surface area contributed by atoms with Crippen LogP contribution in [0.5, 0.6) is 0 Å². The van der Waals surface area contributed by atoms with E-state index >= 15 is 0 Å². The first-order valence-electron chi connectivity index (χ1n) is 8.32. The molecule has 0 saturated heterocycles. The highest BCUT2D eigenvalue weighted by atomic mass is 32.1. The first-order chi connectivity index (χ1) is 12.2. The maximum absolute atomic E-state index is 11.9. The van der Waals surface area contributed by atoms with Crippen molar-refractivity contribution < 1.29 is 4.79 Å². The second kappa shape index (κ2) is 6.30. The molecule has 0 N–H and O–H groups in total. The molecule has 124 valence electrons. The molecule has 0 atom stereocenters. The Balaban J connectivity index is 1.90. The number of aldehydes is 1. The average Bonchev–Trinajstić information content (AvgIpc) is 3.21. The first-order valence-corrected chi connectivity index (χ1v) is 9.20. The van der Waals surface area contributed by atoms with Crippen molar-refractivity contribution in [2.75, 3.05) is 0 Å². The summed E-state index contributed by atoms with van der Waals surface area (Å²) in [5.74, 6) is 0. The van der Waals surface area contributed by atoms with Gasteiger partial charge in [-0.15, -0.1) is 11.3 Å². The zero-order valence-electron chi connectivity index (χ0n) is 14.2. The maximum Gasteiger partial charge on any atom is 0.195 e. The second-order valence-corrected chi connectivity index (χ2v) is 6.96. The van der Waals surface area contributed by atoms with E-state index in [0.29, 0.717) is 5.69 Å². The molecule has 4 rings (SSSR count). The predicted molar refractivity (Wildman–Crippen MR) is 103 cm³/mol. The molecule has 0 saturated carbocycles. The highest BCUT2D eigenvalue weighted by molar-refractivity contribution is 7.15. The number of carbonyl (C=O) groups is 1. The van der Waals surface area contributed by atoms with Crippen molar-refractivity contribution in [3.8, 4) is 22.5 Å². The number of carbonyl (C=O) groups excluding carboxylic acids is 1. The summed E-state index contributed by atoms with van der Waals surface area (Å²) < 4.78 is 1.96. The van der Waals surface area contributed by atoms with Crippen molar-refractivity contribution in [2.24, 2.45) is 0 Å².